The summed E-state index contributed by atoms with van der Waals surface area (Å²) in [6.45, 7) is 2.02. The Morgan fingerprint density at radius 3 is 3.18 bits per heavy atom. The van der Waals surface area contributed by atoms with E-state index in [1.54, 1.807) is 10.8 Å². The second kappa shape index (κ2) is 2.30. The van der Waals surface area contributed by atoms with Gasteiger partial charge in [-0.25, -0.2) is 9.50 Å². The van der Waals surface area contributed by atoms with E-state index in [1.807, 2.05) is 19.2 Å². The van der Waals surface area contributed by atoms with Crippen molar-refractivity contribution in [2.45, 2.75) is 6.92 Å². The van der Waals surface area contributed by atoms with E-state index in [2.05, 4.69) is 26.0 Å². The summed E-state index contributed by atoms with van der Waals surface area (Å²) in [4.78, 5) is 4.04. The zero-order valence-electron chi connectivity index (χ0n) is 5.95. The molecule has 0 saturated heterocycles. The summed E-state index contributed by atoms with van der Waals surface area (Å²) in [6.07, 6.45) is 3.48. The van der Waals surface area contributed by atoms with Crippen LogP contribution >= 0.6 is 15.9 Å². The number of hydrogen-bond donors (Lipinski definition) is 0. The van der Waals surface area contributed by atoms with Gasteiger partial charge in [0.2, 0.25) is 0 Å². The number of hydrogen-bond acceptors (Lipinski definition) is 2. The first-order chi connectivity index (χ1) is 5.27. The monoisotopic (exact) mass is 211 g/mol. The highest BCUT2D eigenvalue weighted by Gasteiger charge is 1.98. The van der Waals surface area contributed by atoms with Gasteiger partial charge in [-0.15, -0.1) is 0 Å². The van der Waals surface area contributed by atoms with E-state index in [9.17, 15) is 0 Å². The number of pyridine rings is 1. The molecule has 0 aliphatic carbocycles. The highest BCUT2D eigenvalue weighted by molar-refractivity contribution is 9.10. The minimum absolute atomic E-state index is 0.863. The van der Waals surface area contributed by atoms with Crippen molar-refractivity contribution in [3.8, 4) is 0 Å². The van der Waals surface area contributed by atoms with Gasteiger partial charge in [0.1, 0.15) is 6.33 Å². The van der Waals surface area contributed by atoms with E-state index in [1.165, 1.54) is 0 Å². The normalized spacial score (nSPS) is 10.7. The summed E-state index contributed by atoms with van der Waals surface area (Å²) in [5, 5.41) is 4.01. The lowest BCUT2D eigenvalue weighted by Gasteiger charge is -1.96. The first-order valence-electron chi connectivity index (χ1n) is 3.23. The molecule has 0 atom stereocenters. The van der Waals surface area contributed by atoms with Gasteiger partial charge >= 0.3 is 0 Å². The molecule has 0 fully saturated rings. The topological polar surface area (TPSA) is 30.2 Å². The van der Waals surface area contributed by atoms with Gasteiger partial charge in [-0.3, -0.25) is 0 Å². The summed E-state index contributed by atoms with van der Waals surface area (Å²) < 4.78 is 2.82. The molecule has 0 bridgehead atoms. The van der Waals surface area contributed by atoms with E-state index < -0.39 is 0 Å². The third-order valence-electron chi connectivity index (χ3n) is 1.55. The minimum Gasteiger partial charge on any atom is -0.221 e. The Morgan fingerprint density at radius 2 is 2.36 bits per heavy atom. The average Bonchev–Trinajstić information content (AvgIpc) is 2.36. The van der Waals surface area contributed by atoms with Gasteiger partial charge in [0.05, 0.1) is 0 Å². The third kappa shape index (κ3) is 1.03. The van der Waals surface area contributed by atoms with Crippen LogP contribution in [0.5, 0.6) is 0 Å². The maximum Gasteiger partial charge on any atom is 0.156 e. The van der Waals surface area contributed by atoms with Crippen molar-refractivity contribution in [2.24, 2.45) is 0 Å². The number of rotatable bonds is 0. The number of halogens is 1. The van der Waals surface area contributed by atoms with Crippen LogP contribution in [0, 0.1) is 6.92 Å². The Morgan fingerprint density at radius 1 is 1.55 bits per heavy atom. The second-order valence-corrected chi connectivity index (χ2v) is 3.22. The second-order valence-electron chi connectivity index (χ2n) is 2.37. The summed E-state index contributed by atoms with van der Waals surface area (Å²) in [5.74, 6) is 0. The van der Waals surface area contributed by atoms with Crippen LogP contribution in [-0.4, -0.2) is 14.6 Å². The van der Waals surface area contributed by atoms with Crippen LogP contribution < -0.4 is 0 Å². The molecule has 0 amide bonds. The number of fused-ring (bicyclic) bond motifs is 1. The molecule has 2 aromatic rings. The Hall–Kier alpha value is -0.900. The molecule has 3 nitrogen and oxygen atoms in total. The smallest absolute Gasteiger partial charge is 0.156 e. The fraction of sp³-hybridized carbons (Fsp3) is 0.143. The molecule has 0 spiro atoms. The first-order valence-corrected chi connectivity index (χ1v) is 4.02. The van der Waals surface area contributed by atoms with Crippen molar-refractivity contribution in [2.75, 3.05) is 0 Å². The number of aromatic nitrogens is 3. The average molecular weight is 212 g/mol. The molecule has 0 aliphatic rings. The van der Waals surface area contributed by atoms with Crippen LogP contribution in [0.2, 0.25) is 0 Å². The van der Waals surface area contributed by atoms with Crippen molar-refractivity contribution in [3.05, 3.63) is 28.6 Å². The van der Waals surface area contributed by atoms with E-state index >= 15 is 0 Å². The SMILES string of the molecule is Cc1cn2ncnc2cc1Br. The highest BCUT2D eigenvalue weighted by Crippen LogP contribution is 2.16. The molecule has 0 N–H and O–H groups in total. The lowest BCUT2D eigenvalue weighted by Crippen LogP contribution is -1.88. The first kappa shape index (κ1) is 6.79. The van der Waals surface area contributed by atoms with Crippen molar-refractivity contribution in [1.82, 2.24) is 14.6 Å². The zero-order valence-corrected chi connectivity index (χ0v) is 7.54. The highest BCUT2D eigenvalue weighted by atomic mass is 79.9. The van der Waals surface area contributed by atoms with E-state index in [4.69, 9.17) is 0 Å². The molecule has 4 heteroatoms. The Balaban J connectivity index is 2.86. The fourth-order valence-corrected chi connectivity index (χ4v) is 1.24. The fourth-order valence-electron chi connectivity index (χ4n) is 0.934. The van der Waals surface area contributed by atoms with Crippen LogP contribution in [0.4, 0.5) is 0 Å². The van der Waals surface area contributed by atoms with Crippen LogP contribution in [0.1, 0.15) is 5.56 Å². The van der Waals surface area contributed by atoms with Crippen LogP contribution in [-0.2, 0) is 0 Å². The quantitative estimate of drug-likeness (QED) is 0.666. The van der Waals surface area contributed by atoms with E-state index in [0.29, 0.717) is 0 Å². The lowest BCUT2D eigenvalue weighted by atomic mass is 10.3. The van der Waals surface area contributed by atoms with Gasteiger partial charge in [0, 0.05) is 10.7 Å². The summed E-state index contributed by atoms with van der Waals surface area (Å²) in [6, 6.07) is 1.95. The van der Waals surface area contributed by atoms with Gasteiger partial charge in [-0.2, -0.15) is 5.10 Å². The number of nitrogens with zero attached hydrogens (tertiary/aromatic N) is 3. The molecule has 2 heterocycles. The molecule has 2 aromatic heterocycles. The van der Waals surface area contributed by atoms with Gasteiger partial charge in [-0.05, 0) is 18.6 Å². The lowest BCUT2D eigenvalue weighted by molar-refractivity contribution is 0.949. The predicted octanol–water partition coefficient (Wildman–Crippen LogP) is 1.80. The summed E-state index contributed by atoms with van der Waals surface area (Å²) in [7, 11) is 0. The Kier molecular flexibility index (Phi) is 1.42. The predicted molar refractivity (Wildman–Crippen MR) is 45.4 cm³/mol. The summed E-state index contributed by atoms with van der Waals surface area (Å²) in [5.41, 5.74) is 2.02. The van der Waals surface area contributed by atoms with Gasteiger partial charge in [-0.1, -0.05) is 15.9 Å². The molecule has 0 aliphatic heterocycles. The van der Waals surface area contributed by atoms with Gasteiger partial charge in [0.25, 0.3) is 0 Å². The van der Waals surface area contributed by atoms with Gasteiger partial charge < -0.3 is 0 Å². The van der Waals surface area contributed by atoms with E-state index in [-0.39, 0.29) is 0 Å². The van der Waals surface area contributed by atoms with Gasteiger partial charge in [0.15, 0.2) is 5.65 Å². The molecule has 11 heavy (non-hydrogen) atoms. The molecule has 2 rings (SSSR count). The molecular formula is C7H6BrN3. The van der Waals surface area contributed by atoms with Crippen molar-refractivity contribution in [1.29, 1.82) is 0 Å². The Bertz CT molecular complexity index is 357. The van der Waals surface area contributed by atoms with Crippen LogP contribution in [0.15, 0.2) is 23.1 Å². The van der Waals surface area contributed by atoms with Crippen LogP contribution in [0.25, 0.3) is 5.65 Å². The van der Waals surface area contributed by atoms with Crippen molar-refractivity contribution < 1.29 is 0 Å². The van der Waals surface area contributed by atoms with Crippen LogP contribution in [0.3, 0.4) is 0 Å². The maximum absolute atomic E-state index is 4.04. The maximum atomic E-state index is 4.04. The third-order valence-corrected chi connectivity index (χ3v) is 2.40. The zero-order chi connectivity index (χ0) is 7.84. The molecule has 0 saturated carbocycles. The molecule has 0 aromatic carbocycles. The Labute approximate surface area is 72.2 Å². The van der Waals surface area contributed by atoms with Crippen molar-refractivity contribution in [3.63, 3.8) is 0 Å². The standard InChI is InChI=1S/C7H6BrN3/c1-5-3-11-7(2-6(5)8)9-4-10-11/h2-4H,1H3. The summed E-state index contributed by atoms with van der Waals surface area (Å²) >= 11 is 3.42. The molecule has 0 radical (unpaired) electrons. The largest absolute Gasteiger partial charge is 0.221 e. The molecular weight excluding hydrogens is 206 g/mol. The number of aryl methyl sites for hydroxylation is 1. The minimum atomic E-state index is 0.863. The van der Waals surface area contributed by atoms with E-state index in [0.717, 1.165) is 15.7 Å². The molecule has 0 unspecified atom stereocenters. The van der Waals surface area contributed by atoms with Crippen molar-refractivity contribution >= 4 is 21.6 Å². The molecule has 56 valence electrons.